The Balaban J connectivity index is 1.29. The number of rotatable bonds is 12. The number of hydrogen-bond acceptors (Lipinski definition) is 24. The quantitative estimate of drug-likeness (QED) is 0.0874. The van der Waals surface area contributed by atoms with Crippen molar-refractivity contribution in [3.63, 3.8) is 0 Å². The topological polar surface area (TPSA) is 426 Å². The molecule has 21 N–H and O–H groups in total. The largest absolute Gasteiger partial charge is 0.394 e. The Hall–Kier alpha value is -0.960. The molecule has 0 aromatic carbocycles. The van der Waals surface area contributed by atoms with E-state index in [4.69, 9.17) is 66.6 Å². The maximum absolute atomic E-state index is 11.3. The molecule has 24 heteroatoms. The summed E-state index contributed by atoms with van der Waals surface area (Å²) in [6.07, 6.45) is -30.3. The molecule has 4 heterocycles. The molecule has 0 aromatic rings. The molecular formula is C29H55N5O19. The van der Waals surface area contributed by atoms with E-state index in [2.05, 4.69) is 0 Å². The lowest BCUT2D eigenvalue weighted by Gasteiger charge is -2.49. The molecule has 0 spiro atoms. The minimum atomic E-state index is -1.84. The van der Waals surface area contributed by atoms with Crippen LogP contribution < -0.4 is 28.7 Å². The molecule has 5 rings (SSSR count). The summed E-state index contributed by atoms with van der Waals surface area (Å²) < 4.78 is 46.0. The van der Waals surface area contributed by atoms with Crippen molar-refractivity contribution in [3.8, 4) is 0 Å². The van der Waals surface area contributed by atoms with E-state index in [0.717, 1.165) is 0 Å². The monoisotopic (exact) mass is 777 g/mol. The highest BCUT2D eigenvalue weighted by Crippen LogP contribution is 2.35. The number of aliphatic hydroxyl groups excluding tert-OH is 11. The van der Waals surface area contributed by atoms with Gasteiger partial charge in [0.05, 0.1) is 38.0 Å². The lowest BCUT2D eigenvalue weighted by Crippen LogP contribution is -2.69. The van der Waals surface area contributed by atoms with Crippen molar-refractivity contribution in [2.75, 3.05) is 26.4 Å². The fourth-order valence-electron chi connectivity index (χ4n) is 7.19. The van der Waals surface area contributed by atoms with Gasteiger partial charge in [-0.3, -0.25) is 0 Å². The van der Waals surface area contributed by atoms with Crippen LogP contribution in [0.5, 0.6) is 0 Å². The molecule has 0 aromatic heterocycles. The van der Waals surface area contributed by atoms with Crippen molar-refractivity contribution in [1.82, 2.24) is 0 Å². The van der Waals surface area contributed by atoms with Gasteiger partial charge in [0.1, 0.15) is 91.6 Å². The van der Waals surface area contributed by atoms with Gasteiger partial charge in [0.15, 0.2) is 25.2 Å². The molecule has 5 fully saturated rings. The molecule has 53 heavy (non-hydrogen) atoms. The SMILES string of the molecule is NC[C@@H]1O[C@H](O[C@H]2[C@@H](O)[C@H](O[C@@H]3[C@@H](O)[C@H](N)C[C@H](N)[C@H]3O[C@H]3O[C@H](CO)[C@@H](O[C@H]4O[C@H](CO)[C@@H](O)[C@H](O)[C@H]4O)[C@H](O)[C@H]3N)O[C@@H]2CO)[C@H](N)[C@@H](O)[C@@H]1O. The number of hydrogen-bond donors (Lipinski definition) is 16. The second-order valence-electron chi connectivity index (χ2n) is 14.0. The van der Waals surface area contributed by atoms with Crippen LogP contribution in [0, 0.1) is 0 Å². The maximum Gasteiger partial charge on any atom is 0.187 e. The van der Waals surface area contributed by atoms with Gasteiger partial charge in [0.25, 0.3) is 0 Å². The highest BCUT2D eigenvalue weighted by molar-refractivity contribution is 5.02. The maximum atomic E-state index is 11.3. The van der Waals surface area contributed by atoms with Crippen molar-refractivity contribution >= 4 is 0 Å². The Bertz CT molecular complexity index is 1150. The Morgan fingerprint density at radius 2 is 0.849 bits per heavy atom. The lowest BCUT2D eigenvalue weighted by molar-refractivity contribution is -0.355. The van der Waals surface area contributed by atoms with Crippen LogP contribution in [-0.2, 0) is 37.9 Å². The first-order chi connectivity index (χ1) is 25.1. The van der Waals surface area contributed by atoms with E-state index >= 15 is 0 Å². The smallest absolute Gasteiger partial charge is 0.187 e. The summed E-state index contributed by atoms with van der Waals surface area (Å²) in [6, 6.07) is -4.73. The predicted molar refractivity (Wildman–Crippen MR) is 169 cm³/mol. The lowest BCUT2D eigenvalue weighted by atomic mass is 9.84. The van der Waals surface area contributed by atoms with Gasteiger partial charge in [0, 0.05) is 18.6 Å². The van der Waals surface area contributed by atoms with E-state index in [9.17, 15) is 56.2 Å². The highest BCUT2D eigenvalue weighted by atomic mass is 16.8. The fourth-order valence-corrected chi connectivity index (χ4v) is 7.19. The molecule has 24 nitrogen and oxygen atoms in total. The third-order valence-corrected chi connectivity index (χ3v) is 10.4. The predicted octanol–water partition coefficient (Wildman–Crippen LogP) is -11.0. The van der Waals surface area contributed by atoms with Gasteiger partial charge in [-0.15, -0.1) is 0 Å². The molecule has 24 atom stereocenters. The molecular weight excluding hydrogens is 722 g/mol. The van der Waals surface area contributed by atoms with E-state index in [0.29, 0.717) is 0 Å². The minimum absolute atomic E-state index is 0.0189. The average Bonchev–Trinajstić information content (AvgIpc) is 3.44. The van der Waals surface area contributed by atoms with Crippen LogP contribution in [0.3, 0.4) is 0 Å². The summed E-state index contributed by atoms with van der Waals surface area (Å²) in [5.74, 6) is 0. The van der Waals surface area contributed by atoms with Gasteiger partial charge in [-0.2, -0.15) is 0 Å². The van der Waals surface area contributed by atoms with Crippen LogP contribution in [0.25, 0.3) is 0 Å². The third kappa shape index (κ3) is 8.66. The van der Waals surface area contributed by atoms with Gasteiger partial charge >= 0.3 is 0 Å². The fraction of sp³-hybridized carbons (Fsp3) is 1.00. The average molecular weight is 778 g/mol. The molecule has 0 amide bonds. The van der Waals surface area contributed by atoms with Crippen molar-refractivity contribution in [3.05, 3.63) is 0 Å². The second kappa shape index (κ2) is 18.1. The molecule has 5 aliphatic rings. The molecule has 4 aliphatic heterocycles. The summed E-state index contributed by atoms with van der Waals surface area (Å²) in [5, 5.41) is 115. The van der Waals surface area contributed by atoms with Crippen LogP contribution in [0.2, 0.25) is 0 Å². The standard InChI is InChI=1S/C29H55N5O19/c30-2-8-15(39)17(41)12(33)26(46-8)51-24-11(5-37)49-29(21(24)45)53-25-14(38)6(31)1-7(32)22(25)50-27-13(34)18(42)23(10(4-36)48-27)52-28-20(44)19(43)16(40)9(3-35)47-28/h6-29,35-45H,1-5,30-34H2/t6-,7+,8+,9-,10-,11-,12-,13-,14+,15-,16-,17-,18-,19+,20-,21-,22-,23-,24-,25-,26-,27-,28-,29+/m1/s1. The number of nitrogens with two attached hydrogens (primary N) is 5. The Kier molecular flexibility index (Phi) is 14.7. The Labute approximate surface area is 302 Å². The van der Waals surface area contributed by atoms with Gasteiger partial charge < -0.3 is 123 Å². The molecule has 1 saturated carbocycles. The molecule has 0 unspecified atom stereocenters. The van der Waals surface area contributed by atoms with E-state index in [1.54, 1.807) is 0 Å². The van der Waals surface area contributed by atoms with Crippen LogP contribution in [0.1, 0.15) is 6.42 Å². The van der Waals surface area contributed by atoms with Crippen molar-refractivity contribution < 1.29 is 94.1 Å². The third-order valence-electron chi connectivity index (χ3n) is 10.4. The van der Waals surface area contributed by atoms with Crippen molar-refractivity contribution in [1.29, 1.82) is 0 Å². The van der Waals surface area contributed by atoms with Crippen LogP contribution in [-0.4, -0.2) is 230 Å². The first kappa shape index (κ1) is 43.2. The normalized spacial score (nSPS) is 53.9. The zero-order valence-corrected chi connectivity index (χ0v) is 28.5. The number of ether oxygens (including phenoxy) is 8. The van der Waals surface area contributed by atoms with Gasteiger partial charge in [-0.1, -0.05) is 0 Å². The highest BCUT2D eigenvalue weighted by Gasteiger charge is 2.55. The number of aliphatic hydroxyl groups is 11. The van der Waals surface area contributed by atoms with Gasteiger partial charge in [-0.25, -0.2) is 0 Å². The zero-order valence-electron chi connectivity index (χ0n) is 28.5. The first-order valence-electron chi connectivity index (χ1n) is 17.3. The second-order valence-corrected chi connectivity index (χ2v) is 14.0. The van der Waals surface area contributed by atoms with Crippen molar-refractivity contribution in [2.45, 2.75) is 153 Å². The first-order valence-corrected chi connectivity index (χ1v) is 17.3. The summed E-state index contributed by atoms with van der Waals surface area (Å²) in [5.41, 5.74) is 30.4. The molecule has 0 bridgehead atoms. The van der Waals surface area contributed by atoms with Crippen LogP contribution in [0.4, 0.5) is 0 Å². The summed E-state index contributed by atoms with van der Waals surface area (Å²) >= 11 is 0. The van der Waals surface area contributed by atoms with Gasteiger partial charge in [0.2, 0.25) is 0 Å². The van der Waals surface area contributed by atoms with E-state index in [-0.39, 0.29) is 13.0 Å². The van der Waals surface area contributed by atoms with Gasteiger partial charge in [-0.05, 0) is 6.42 Å². The van der Waals surface area contributed by atoms with Crippen LogP contribution >= 0.6 is 0 Å². The van der Waals surface area contributed by atoms with Crippen molar-refractivity contribution in [2.24, 2.45) is 28.7 Å². The summed E-state index contributed by atoms with van der Waals surface area (Å²) in [7, 11) is 0. The Morgan fingerprint density at radius 3 is 1.43 bits per heavy atom. The molecule has 1 aliphatic carbocycles. The van der Waals surface area contributed by atoms with E-state index in [1.807, 2.05) is 0 Å². The molecule has 0 radical (unpaired) electrons. The van der Waals surface area contributed by atoms with E-state index < -0.39 is 167 Å². The summed E-state index contributed by atoms with van der Waals surface area (Å²) in [4.78, 5) is 0. The Morgan fingerprint density at radius 1 is 0.415 bits per heavy atom. The zero-order chi connectivity index (χ0) is 39.0. The molecule has 310 valence electrons. The van der Waals surface area contributed by atoms with Crippen LogP contribution in [0.15, 0.2) is 0 Å². The minimum Gasteiger partial charge on any atom is -0.394 e. The van der Waals surface area contributed by atoms with E-state index in [1.165, 1.54) is 0 Å². The summed E-state index contributed by atoms with van der Waals surface area (Å²) in [6.45, 7) is -2.48. The molecule has 4 saturated heterocycles.